The Hall–Kier alpha value is -3.92. The number of likely N-dealkylation sites (tertiary alicyclic amines) is 1. The summed E-state index contributed by atoms with van der Waals surface area (Å²) in [6.45, 7) is 4.25. The van der Waals surface area contributed by atoms with Crippen molar-refractivity contribution in [3.8, 4) is 0 Å². The Morgan fingerprint density at radius 1 is 1.06 bits per heavy atom. The molecule has 1 aromatic heterocycles. The van der Waals surface area contributed by atoms with E-state index in [9.17, 15) is 24.3 Å². The summed E-state index contributed by atoms with van der Waals surface area (Å²) < 4.78 is 9.55. The number of aliphatic hydroxyl groups excluding tert-OH is 1. The van der Waals surface area contributed by atoms with Crippen molar-refractivity contribution in [1.82, 2.24) is 14.8 Å². The number of rotatable bonds is 8. The molecule has 0 aliphatic carbocycles. The largest absolute Gasteiger partial charge is 0.507 e. The minimum absolute atomic E-state index is 0.0858. The first-order valence-electron chi connectivity index (χ1n) is 11.4. The van der Waals surface area contributed by atoms with E-state index in [1.807, 2.05) is 19.0 Å². The number of methoxy groups -OCH3 is 2. The Bertz CT molecular complexity index is 1220. The van der Waals surface area contributed by atoms with E-state index < -0.39 is 29.7 Å². The van der Waals surface area contributed by atoms with Crippen LogP contribution in [0.15, 0.2) is 29.8 Å². The predicted octanol–water partition coefficient (Wildman–Crippen LogP) is 2.58. The first-order chi connectivity index (χ1) is 17.0. The number of nitrogens with one attached hydrogen (secondary N) is 1. The molecule has 2 heterocycles. The van der Waals surface area contributed by atoms with Crippen LogP contribution in [0.25, 0.3) is 5.76 Å². The second-order valence-corrected chi connectivity index (χ2v) is 8.88. The molecule has 1 aliphatic rings. The number of ketones is 1. The molecule has 1 fully saturated rings. The number of hydrogen-bond donors (Lipinski definition) is 2. The topological polar surface area (TPSA) is 129 Å². The van der Waals surface area contributed by atoms with Crippen molar-refractivity contribution in [3.05, 3.63) is 63.5 Å². The molecule has 2 aromatic rings. The molecule has 192 valence electrons. The van der Waals surface area contributed by atoms with Gasteiger partial charge >= 0.3 is 11.9 Å². The number of H-pyrrole nitrogens is 1. The molecule has 0 saturated carbocycles. The van der Waals surface area contributed by atoms with Gasteiger partial charge in [0.2, 0.25) is 0 Å². The number of Topliss-reactive ketones (excluding diaryl/α,β-unsaturated/α-hetero) is 1. The predicted molar refractivity (Wildman–Crippen MR) is 132 cm³/mol. The van der Waals surface area contributed by atoms with Gasteiger partial charge in [0.1, 0.15) is 11.5 Å². The van der Waals surface area contributed by atoms with Crippen LogP contribution >= 0.6 is 0 Å². The summed E-state index contributed by atoms with van der Waals surface area (Å²) in [7, 11) is 6.34. The number of nitrogens with zero attached hydrogens (tertiary/aromatic N) is 2. The molecule has 1 saturated heterocycles. The maximum Gasteiger partial charge on any atom is 0.354 e. The standard InChI is InChI=1S/C26H31N3O7/c1-14-18(15(2)27-20(14)26(34)36-6)22(30)19-21(16-8-10-17(11-9-16)25(33)35-5)29(24(32)23(19)31)13-7-12-28(3)4/h8-11,21,27,30H,7,12-13H2,1-6H3/t21-/m1/s1. The van der Waals surface area contributed by atoms with Crippen molar-refractivity contribution in [1.29, 1.82) is 0 Å². The molecular weight excluding hydrogens is 466 g/mol. The van der Waals surface area contributed by atoms with Crippen LogP contribution in [-0.4, -0.2) is 84.9 Å². The number of amides is 1. The lowest BCUT2D eigenvalue weighted by Crippen LogP contribution is -2.32. The van der Waals surface area contributed by atoms with E-state index in [1.165, 1.54) is 19.1 Å². The van der Waals surface area contributed by atoms with Crippen LogP contribution in [0, 0.1) is 13.8 Å². The molecule has 1 aliphatic heterocycles. The molecule has 0 radical (unpaired) electrons. The Balaban J connectivity index is 2.17. The molecule has 1 aromatic carbocycles. The summed E-state index contributed by atoms with van der Waals surface area (Å²) in [5, 5.41) is 11.4. The fourth-order valence-electron chi connectivity index (χ4n) is 4.48. The molecule has 36 heavy (non-hydrogen) atoms. The molecule has 10 heteroatoms. The van der Waals surface area contributed by atoms with E-state index >= 15 is 0 Å². The first-order valence-corrected chi connectivity index (χ1v) is 11.4. The van der Waals surface area contributed by atoms with E-state index in [0.717, 1.165) is 0 Å². The van der Waals surface area contributed by atoms with Crippen LogP contribution in [0.5, 0.6) is 0 Å². The highest BCUT2D eigenvalue weighted by Gasteiger charge is 2.46. The van der Waals surface area contributed by atoms with Gasteiger partial charge in [-0.05, 0) is 64.2 Å². The zero-order valence-electron chi connectivity index (χ0n) is 21.3. The van der Waals surface area contributed by atoms with Crippen LogP contribution in [-0.2, 0) is 19.1 Å². The van der Waals surface area contributed by atoms with Gasteiger partial charge in [-0.15, -0.1) is 0 Å². The quantitative estimate of drug-likeness (QED) is 0.246. The van der Waals surface area contributed by atoms with E-state index in [1.54, 1.807) is 38.1 Å². The lowest BCUT2D eigenvalue weighted by atomic mass is 9.93. The summed E-state index contributed by atoms with van der Waals surface area (Å²) >= 11 is 0. The van der Waals surface area contributed by atoms with Gasteiger partial charge in [0.05, 0.1) is 31.4 Å². The smallest absolute Gasteiger partial charge is 0.354 e. The lowest BCUT2D eigenvalue weighted by Gasteiger charge is -2.26. The van der Waals surface area contributed by atoms with Crippen molar-refractivity contribution in [2.24, 2.45) is 0 Å². The summed E-state index contributed by atoms with van der Waals surface area (Å²) in [5.41, 5.74) is 2.03. The van der Waals surface area contributed by atoms with Gasteiger partial charge in [-0.25, -0.2) is 9.59 Å². The Morgan fingerprint density at radius 2 is 1.67 bits per heavy atom. The van der Waals surface area contributed by atoms with Gasteiger partial charge in [0, 0.05) is 17.8 Å². The third-order valence-electron chi connectivity index (χ3n) is 6.26. The zero-order valence-corrected chi connectivity index (χ0v) is 21.3. The summed E-state index contributed by atoms with van der Waals surface area (Å²) in [6.07, 6.45) is 0.603. The number of aliphatic hydroxyl groups is 1. The second kappa shape index (κ2) is 10.8. The van der Waals surface area contributed by atoms with Gasteiger partial charge in [-0.3, -0.25) is 9.59 Å². The fourth-order valence-corrected chi connectivity index (χ4v) is 4.48. The minimum Gasteiger partial charge on any atom is -0.507 e. The monoisotopic (exact) mass is 497 g/mol. The average Bonchev–Trinajstić information content (AvgIpc) is 3.29. The highest BCUT2D eigenvalue weighted by molar-refractivity contribution is 6.46. The van der Waals surface area contributed by atoms with Crippen molar-refractivity contribution >= 4 is 29.4 Å². The number of aromatic amines is 1. The van der Waals surface area contributed by atoms with Crippen molar-refractivity contribution in [3.63, 3.8) is 0 Å². The summed E-state index contributed by atoms with van der Waals surface area (Å²) in [5.74, 6) is -3.06. The lowest BCUT2D eigenvalue weighted by molar-refractivity contribution is -0.139. The molecule has 1 amide bonds. The number of hydrogen-bond acceptors (Lipinski definition) is 8. The molecule has 10 nitrogen and oxygen atoms in total. The van der Waals surface area contributed by atoms with Crippen molar-refractivity contribution in [2.75, 3.05) is 41.4 Å². The van der Waals surface area contributed by atoms with Crippen molar-refractivity contribution in [2.45, 2.75) is 26.3 Å². The van der Waals surface area contributed by atoms with Crippen LogP contribution < -0.4 is 0 Å². The molecule has 0 unspecified atom stereocenters. The third-order valence-corrected chi connectivity index (χ3v) is 6.26. The van der Waals surface area contributed by atoms with E-state index in [4.69, 9.17) is 9.47 Å². The molecule has 1 atom stereocenters. The minimum atomic E-state index is -0.880. The maximum absolute atomic E-state index is 13.3. The maximum atomic E-state index is 13.3. The Labute approximate surface area is 209 Å². The van der Waals surface area contributed by atoms with Crippen LogP contribution in [0.1, 0.15) is 55.7 Å². The zero-order chi connectivity index (χ0) is 26.7. The number of carbonyl (C=O) groups is 4. The fraction of sp³-hybridized carbons (Fsp3) is 0.385. The number of esters is 2. The van der Waals surface area contributed by atoms with E-state index in [-0.39, 0.29) is 29.1 Å². The number of aryl methyl sites for hydroxylation is 1. The Morgan fingerprint density at radius 3 is 2.22 bits per heavy atom. The SMILES string of the molecule is COC(=O)c1ccc([C@@H]2C(=C(O)c3c(C)[nH]c(C(=O)OC)c3C)C(=O)C(=O)N2CCCN(C)C)cc1. The van der Waals surface area contributed by atoms with Crippen LogP contribution in [0.4, 0.5) is 0 Å². The summed E-state index contributed by atoms with van der Waals surface area (Å²) in [6, 6.07) is 5.47. The number of benzene rings is 1. The van der Waals surface area contributed by atoms with Gasteiger partial charge in [-0.2, -0.15) is 0 Å². The van der Waals surface area contributed by atoms with Crippen LogP contribution in [0.2, 0.25) is 0 Å². The second-order valence-electron chi connectivity index (χ2n) is 8.88. The van der Waals surface area contributed by atoms with E-state index in [0.29, 0.717) is 35.3 Å². The highest BCUT2D eigenvalue weighted by atomic mass is 16.5. The Kier molecular flexibility index (Phi) is 7.99. The number of aromatic nitrogens is 1. The van der Waals surface area contributed by atoms with E-state index in [2.05, 4.69) is 4.98 Å². The molecule has 0 spiro atoms. The van der Waals surface area contributed by atoms with Crippen LogP contribution in [0.3, 0.4) is 0 Å². The molecule has 3 rings (SSSR count). The van der Waals surface area contributed by atoms with Gasteiger partial charge < -0.3 is 29.4 Å². The van der Waals surface area contributed by atoms with Gasteiger partial charge in [0.25, 0.3) is 11.7 Å². The molecule has 2 N–H and O–H groups in total. The normalized spacial score (nSPS) is 17.1. The number of carbonyl (C=O) groups excluding carboxylic acids is 4. The van der Waals surface area contributed by atoms with Gasteiger partial charge in [-0.1, -0.05) is 12.1 Å². The third kappa shape index (κ3) is 4.90. The van der Waals surface area contributed by atoms with Gasteiger partial charge in [0.15, 0.2) is 0 Å². The average molecular weight is 498 g/mol. The highest BCUT2D eigenvalue weighted by Crippen LogP contribution is 2.41. The summed E-state index contributed by atoms with van der Waals surface area (Å²) in [4.78, 5) is 56.7. The first kappa shape index (κ1) is 26.7. The molecular formula is C26H31N3O7. The van der Waals surface area contributed by atoms with Crippen molar-refractivity contribution < 1.29 is 33.8 Å². The molecule has 0 bridgehead atoms. The number of ether oxygens (including phenoxy) is 2.